The van der Waals surface area contributed by atoms with Crippen LogP contribution in [-0.4, -0.2) is 14.2 Å². The summed E-state index contributed by atoms with van der Waals surface area (Å²) in [6.45, 7) is 1.35. The van der Waals surface area contributed by atoms with Crippen molar-refractivity contribution in [2.75, 3.05) is 14.2 Å². The Balaban J connectivity index is 2.09. The average molecular weight is 371 g/mol. The minimum absolute atomic E-state index is 0.657. The van der Waals surface area contributed by atoms with Crippen molar-refractivity contribution in [3.05, 3.63) is 57.0 Å². The Morgan fingerprint density at radius 1 is 1.05 bits per heavy atom. The third-order valence-electron chi connectivity index (χ3n) is 3.11. The van der Waals surface area contributed by atoms with Crippen LogP contribution in [0.1, 0.15) is 11.1 Å². The number of benzene rings is 2. The summed E-state index contributed by atoms with van der Waals surface area (Å²) < 4.78 is 11.7. The number of nitrogens with one attached hydrogen (secondary N) is 1. The summed E-state index contributed by atoms with van der Waals surface area (Å²) in [5, 5.41) is 4.14. The molecule has 0 aliphatic carbocycles. The molecule has 2 aromatic rings. The van der Waals surface area contributed by atoms with Crippen LogP contribution in [0.2, 0.25) is 5.02 Å². The van der Waals surface area contributed by atoms with Crippen LogP contribution in [0, 0.1) is 0 Å². The van der Waals surface area contributed by atoms with Crippen molar-refractivity contribution in [2.45, 2.75) is 13.1 Å². The first kappa shape index (κ1) is 16.1. The second-order valence-corrected chi connectivity index (χ2v) is 5.82. The van der Waals surface area contributed by atoms with Gasteiger partial charge in [-0.1, -0.05) is 45.7 Å². The minimum atomic E-state index is 0.657. The molecule has 0 radical (unpaired) electrons. The second-order valence-electron chi connectivity index (χ2n) is 4.50. The van der Waals surface area contributed by atoms with Crippen molar-refractivity contribution in [1.29, 1.82) is 0 Å². The number of hydrogen-bond acceptors (Lipinski definition) is 3. The van der Waals surface area contributed by atoms with Crippen LogP contribution in [0.4, 0.5) is 0 Å². The van der Waals surface area contributed by atoms with Crippen molar-refractivity contribution < 1.29 is 9.47 Å². The zero-order valence-electron chi connectivity index (χ0n) is 12.0. The van der Waals surface area contributed by atoms with E-state index < -0.39 is 0 Å². The molecule has 0 unspecified atom stereocenters. The maximum absolute atomic E-state index is 6.15. The SMILES string of the molecule is COc1cc(Br)cc(CNCc2ccccc2Cl)c1OC. The van der Waals surface area contributed by atoms with Gasteiger partial charge in [-0.25, -0.2) is 0 Å². The standard InChI is InChI=1S/C16H17BrClNO2/c1-20-15-8-13(17)7-12(16(15)21-2)10-19-9-11-5-3-4-6-14(11)18/h3-8,19H,9-10H2,1-2H3. The van der Waals surface area contributed by atoms with E-state index in [4.69, 9.17) is 21.1 Å². The lowest BCUT2D eigenvalue weighted by Gasteiger charge is -2.14. The number of hydrogen-bond donors (Lipinski definition) is 1. The summed E-state index contributed by atoms with van der Waals surface area (Å²) >= 11 is 9.63. The third-order valence-corrected chi connectivity index (χ3v) is 3.94. The molecular weight excluding hydrogens is 354 g/mol. The van der Waals surface area contributed by atoms with E-state index >= 15 is 0 Å². The highest BCUT2D eigenvalue weighted by Crippen LogP contribution is 2.34. The Morgan fingerprint density at radius 3 is 2.43 bits per heavy atom. The predicted octanol–water partition coefficient (Wildman–Crippen LogP) is 4.41. The summed E-state index contributed by atoms with van der Waals surface area (Å²) in [5.41, 5.74) is 2.09. The topological polar surface area (TPSA) is 30.5 Å². The largest absolute Gasteiger partial charge is 0.493 e. The zero-order chi connectivity index (χ0) is 15.2. The molecule has 2 aromatic carbocycles. The van der Waals surface area contributed by atoms with Crippen molar-refractivity contribution >= 4 is 27.5 Å². The van der Waals surface area contributed by atoms with E-state index in [0.717, 1.165) is 26.4 Å². The molecule has 0 atom stereocenters. The smallest absolute Gasteiger partial charge is 0.165 e. The number of methoxy groups -OCH3 is 2. The summed E-state index contributed by atoms with van der Waals surface area (Å²) in [5.74, 6) is 1.45. The van der Waals surface area contributed by atoms with Crippen LogP contribution in [0.5, 0.6) is 11.5 Å². The molecule has 0 aliphatic heterocycles. The fraction of sp³-hybridized carbons (Fsp3) is 0.250. The van der Waals surface area contributed by atoms with Gasteiger partial charge in [0.2, 0.25) is 0 Å². The average Bonchev–Trinajstić information content (AvgIpc) is 2.48. The predicted molar refractivity (Wildman–Crippen MR) is 89.2 cm³/mol. The number of rotatable bonds is 6. The molecule has 0 bridgehead atoms. The van der Waals surface area contributed by atoms with Gasteiger partial charge in [0.05, 0.1) is 14.2 Å². The van der Waals surface area contributed by atoms with E-state index in [1.54, 1.807) is 14.2 Å². The molecular formula is C16H17BrClNO2. The van der Waals surface area contributed by atoms with Crippen LogP contribution in [0.3, 0.4) is 0 Å². The van der Waals surface area contributed by atoms with Gasteiger partial charge in [-0.05, 0) is 23.8 Å². The van der Waals surface area contributed by atoms with E-state index in [9.17, 15) is 0 Å². The quantitative estimate of drug-likeness (QED) is 0.817. The van der Waals surface area contributed by atoms with E-state index in [0.29, 0.717) is 18.8 Å². The van der Waals surface area contributed by atoms with Gasteiger partial charge < -0.3 is 14.8 Å². The first-order valence-electron chi connectivity index (χ1n) is 6.50. The third kappa shape index (κ3) is 4.13. The summed E-state index contributed by atoms with van der Waals surface area (Å²) in [6, 6.07) is 11.7. The number of halogens is 2. The molecule has 0 spiro atoms. The first-order valence-corrected chi connectivity index (χ1v) is 7.67. The lowest BCUT2D eigenvalue weighted by molar-refractivity contribution is 0.350. The van der Waals surface area contributed by atoms with E-state index in [-0.39, 0.29) is 0 Å². The second kappa shape index (κ2) is 7.69. The van der Waals surface area contributed by atoms with Crippen molar-refractivity contribution in [1.82, 2.24) is 5.32 Å². The maximum atomic E-state index is 6.15. The molecule has 0 aromatic heterocycles. The fourth-order valence-electron chi connectivity index (χ4n) is 2.11. The summed E-state index contributed by atoms with van der Waals surface area (Å²) in [6.07, 6.45) is 0. The monoisotopic (exact) mass is 369 g/mol. The van der Waals surface area contributed by atoms with Crippen LogP contribution in [-0.2, 0) is 13.1 Å². The number of ether oxygens (including phenoxy) is 2. The Kier molecular flexibility index (Phi) is 5.91. The Morgan fingerprint density at radius 2 is 1.76 bits per heavy atom. The minimum Gasteiger partial charge on any atom is -0.493 e. The lowest BCUT2D eigenvalue weighted by Crippen LogP contribution is -2.14. The van der Waals surface area contributed by atoms with Gasteiger partial charge in [0.1, 0.15) is 0 Å². The van der Waals surface area contributed by atoms with Gasteiger partial charge in [0.25, 0.3) is 0 Å². The summed E-state index contributed by atoms with van der Waals surface area (Å²) in [4.78, 5) is 0. The molecule has 21 heavy (non-hydrogen) atoms. The van der Waals surface area contributed by atoms with Gasteiger partial charge >= 0.3 is 0 Å². The molecule has 0 fully saturated rings. The molecule has 2 rings (SSSR count). The van der Waals surface area contributed by atoms with Crippen LogP contribution < -0.4 is 14.8 Å². The Bertz CT molecular complexity index is 619. The van der Waals surface area contributed by atoms with Gasteiger partial charge in [0.15, 0.2) is 11.5 Å². The van der Waals surface area contributed by atoms with Crippen LogP contribution in [0.15, 0.2) is 40.9 Å². The molecule has 0 saturated carbocycles. The van der Waals surface area contributed by atoms with Crippen LogP contribution in [0.25, 0.3) is 0 Å². The highest BCUT2D eigenvalue weighted by atomic mass is 79.9. The molecule has 112 valence electrons. The molecule has 0 aliphatic rings. The molecule has 0 saturated heterocycles. The Labute approximate surface area is 138 Å². The van der Waals surface area contributed by atoms with Gasteiger partial charge in [-0.3, -0.25) is 0 Å². The first-order chi connectivity index (χ1) is 10.2. The molecule has 1 N–H and O–H groups in total. The summed E-state index contributed by atoms with van der Waals surface area (Å²) in [7, 11) is 3.27. The molecule has 3 nitrogen and oxygen atoms in total. The van der Waals surface area contributed by atoms with E-state index in [1.165, 1.54) is 0 Å². The highest BCUT2D eigenvalue weighted by molar-refractivity contribution is 9.10. The Hall–Kier alpha value is -1.23. The van der Waals surface area contributed by atoms with Crippen molar-refractivity contribution in [3.8, 4) is 11.5 Å². The normalized spacial score (nSPS) is 10.5. The van der Waals surface area contributed by atoms with Crippen LogP contribution >= 0.6 is 27.5 Å². The molecule has 0 heterocycles. The van der Waals surface area contributed by atoms with Gasteiger partial charge in [-0.15, -0.1) is 0 Å². The molecule has 0 amide bonds. The maximum Gasteiger partial charge on any atom is 0.165 e. The zero-order valence-corrected chi connectivity index (χ0v) is 14.3. The lowest BCUT2D eigenvalue weighted by atomic mass is 10.1. The van der Waals surface area contributed by atoms with Crippen molar-refractivity contribution in [3.63, 3.8) is 0 Å². The fourth-order valence-corrected chi connectivity index (χ4v) is 2.80. The van der Waals surface area contributed by atoms with Gasteiger partial charge in [-0.2, -0.15) is 0 Å². The van der Waals surface area contributed by atoms with Gasteiger partial charge in [0, 0.05) is 28.1 Å². The molecule has 5 heteroatoms. The van der Waals surface area contributed by atoms with E-state index in [2.05, 4.69) is 21.2 Å². The van der Waals surface area contributed by atoms with E-state index in [1.807, 2.05) is 36.4 Å². The highest BCUT2D eigenvalue weighted by Gasteiger charge is 2.11. The van der Waals surface area contributed by atoms with Crippen molar-refractivity contribution in [2.24, 2.45) is 0 Å².